The summed E-state index contributed by atoms with van der Waals surface area (Å²) in [6.45, 7) is -1.47. The average Bonchev–Trinajstić information content (AvgIpc) is 2.73. The number of nitrogens with one attached hydrogen (secondary N) is 1. The number of halogens is 3. The van der Waals surface area contributed by atoms with Crippen LogP contribution in [0.3, 0.4) is 0 Å². The molecule has 0 amide bonds. The molecule has 8 heteroatoms. The monoisotopic (exact) mass is 411 g/mol. The van der Waals surface area contributed by atoms with Gasteiger partial charge in [0.2, 0.25) is 5.88 Å². The molecule has 0 saturated heterocycles. The van der Waals surface area contributed by atoms with Crippen molar-refractivity contribution in [1.29, 1.82) is 0 Å². The number of alkyl halides is 3. The van der Waals surface area contributed by atoms with E-state index < -0.39 is 12.8 Å². The van der Waals surface area contributed by atoms with Crippen LogP contribution in [-0.4, -0.2) is 22.3 Å². The number of pyridine rings is 2. The Morgan fingerprint density at radius 2 is 1.63 bits per heavy atom. The van der Waals surface area contributed by atoms with Crippen molar-refractivity contribution in [3.05, 3.63) is 89.2 Å². The molecule has 0 spiro atoms. The summed E-state index contributed by atoms with van der Waals surface area (Å²) in [4.78, 5) is 16.6. The third kappa shape index (κ3) is 4.27. The normalized spacial score (nSPS) is 11.4. The molecule has 2 aromatic carbocycles. The number of anilines is 2. The van der Waals surface area contributed by atoms with Crippen molar-refractivity contribution in [3.63, 3.8) is 0 Å². The molecule has 2 aromatic heterocycles. The number of hydrogen-bond acceptors (Lipinski definition) is 4. The molecule has 0 atom stereocenters. The summed E-state index contributed by atoms with van der Waals surface area (Å²) in [5.74, 6) is 0.235. The van der Waals surface area contributed by atoms with E-state index in [1.807, 2.05) is 60.7 Å². The highest BCUT2D eigenvalue weighted by Gasteiger charge is 2.28. The Hall–Kier alpha value is -3.81. The number of fused-ring (bicyclic) bond motifs is 1. The van der Waals surface area contributed by atoms with Crippen molar-refractivity contribution in [1.82, 2.24) is 9.55 Å². The van der Waals surface area contributed by atoms with Gasteiger partial charge in [-0.15, -0.1) is 0 Å². The first-order chi connectivity index (χ1) is 14.4. The van der Waals surface area contributed by atoms with Crippen LogP contribution in [0, 0.1) is 0 Å². The van der Waals surface area contributed by atoms with E-state index in [1.165, 1.54) is 18.3 Å². The van der Waals surface area contributed by atoms with E-state index in [-0.39, 0.29) is 16.7 Å². The number of rotatable bonds is 5. The molecule has 0 aliphatic heterocycles. The first-order valence-corrected chi connectivity index (χ1v) is 9.03. The van der Waals surface area contributed by atoms with Gasteiger partial charge in [0.05, 0.1) is 10.9 Å². The Labute approximate surface area is 169 Å². The van der Waals surface area contributed by atoms with E-state index >= 15 is 0 Å². The Bertz CT molecular complexity index is 1220. The Morgan fingerprint density at radius 1 is 0.967 bits per heavy atom. The second-order valence-corrected chi connectivity index (χ2v) is 6.50. The van der Waals surface area contributed by atoms with Crippen molar-refractivity contribution in [2.75, 3.05) is 11.9 Å². The van der Waals surface area contributed by atoms with Crippen LogP contribution in [0.4, 0.5) is 24.7 Å². The molecule has 1 N–H and O–H groups in total. The van der Waals surface area contributed by atoms with Gasteiger partial charge in [-0.1, -0.05) is 36.4 Å². The lowest BCUT2D eigenvalue weighted by Crippen LogP contribution is -2.20. The first-order valence-electron chi connectivity index (χ1n) is 9.03. The highest BCUT2D eigenvalue weighted by molar-refractivity contribution is 5.84. The summed E-state index contributed by atoms with van der Waals surface area (Å²) in [6, 6.07) is 21.2. The van der Waals surface area contributed by atoms with Crippen molar-refractivity contribution in [3.8, 4) is 11.6 Å². The van der Waals surface area contributed by atoms with E-state index in [4.69, 9.17) is 4.74 Å². The summed E-state index contributed by atoms with van der Waals surface area (Å²) in [5, 5.41) is 3.46. The fraction of sp³-hybridized carbons (Fsp3) is 0.0909. The van der Waals surface area contributed by atoms with Gasteiger partial charge in [0.15, 0.2) is 12.0 Å². The van der Waals surface area contributed by atoms with Crippen LogP contribution in [0.25, 0.3) is 16.6 Å². The zero-order valence-corrected chi connectivity index (χ0v) is 15.6. The molecule has 152 valence electrons. The number of hydrogen-bond donors (Lipinski definition) is 1. The smallest absolute Gasteiger partial charge is 0.422 e. The largest absolute Gasteiger partial charge is 0.468 e. The molecule has 4 rings (SSSR count). The topological polar surface area (TPSA) is 56.2 Å². The number of benzene rings is 2. The SMILES string of the molecule is O=c1cc(Nc2ccccc2)n(-c2ccccc2)c2cc(OCC(F)(F)F)ncc12. The molecule has 0 aliphatic carbocycles. The summed E-state index contributed by atoms with van der Waals surface area (Å²) >= 11 is 0. The molecule has 0 fully saturated rings. The van der Waals surface area contributed by atoms with E-state index in [0.29, 0.717) is 17.0 Å². The highest BCUT2D eigenvalue weighted by atomic mass is 19.4. The maximum Gasteiger partial charge on any atom is 0.422 e. The van der Waals surface area contributed by atoms with Crippen LogP contribution in [0.2, 0.25) is 0 Å². The van der Waals surface area contributed by atoms with Gasteiger partial charge >= 0.3 is 6.18 Å². The Kier molecular flexibility index (Phi) is 5.14. The molecule has 0 unspecified atom stereocenters. The van der Waals surface area contributed by atoms with Crippen molar-refractivity contribution >= 4 is 22.4 Å². The fourth-order valence-corrected chi connectivity index (χ4v) is 3.05. The summed E-state index contributed by atoms with van der Waals surface area (Å²) in [6.07, 6.45) is -3.26. The summed E-state index contributed by atoms with van der Waals surface area (Å²) in [7, 11) is 0. The van der Waals surface area contributed by atoms with Crippen molar-refractivity contribution < 1.29 is 17.9 Å². The van der Waals surface area contributed by atoms with E-state index in [2.05, 4.69) is 10.3 Å². The number of nitrogens with zero attached hydrogens (tertiary/aromatic N) is 2. The van der Waals surface area contributed by atoms with Crippen LogP contribution in [-0.2, 0) is 0 Å². The van der Waals surface area contributed by atoms with Crippen LogP contribution in [0.5, 0.6) is 5.88 Å². The van der Waals surface area contributed by atoms with Crippen LogP contribution >= 0.6 is 0 Å². The molecule has 0 saturated carbocycles. The molecule has 30 heavy (non-hydrogen) atoms. The third-order valence-corrected chi connectivity index (χ3v) is 4.32. The lowest BCUT2D eigenvalue weighted by atomic mass is 10.2. The van der Waals surface area contributed by atoms with Gasteiger partial charge < -0.3 is 10.1 Å². The molecule has 0 radical (unpaired) electrons. The third-order valence-electron chi connectivity index (χ3n) is 4.32. The minimum absolute atomic E-state index is 0.222. The van der Waals surface area contributed by atoms with E-state index in [0.717, 1.165) is 5.69 Å². The molecule has 5 nitrogen and oxygen atoms in total. The van der Waals surface area contributed by atoms with E-state index in [9.17, 15) is 18.0 Å². The first kappa shape index (κ1) is 19.5. The predicted octanol–water partition coefficient (Wildman–Crippen LogP) is 5.07. The second kappa shape index (κ2) is 7.90. The van der Waals surface area contributed by atoms with Gasteiger partial charge in [0.25, 0.3) is 0 Å². The summed E-state index contributed by atoms with van der Waals surface area (Å²) in [5.41, 5.74) is 1.53. The maximum absolute atomic E-state index is 12.7. The van der Waals surface area contributed by atoms with Crippen molar-refractivity contribution in [2.24, 2.45) is 0 Å². The zero-order chi connectivity index (χ0) is 21.1. The molecule has 4 aromatic rings. The fourth-order valence-electron chi connectivity index (χ4n) is 3.05. The lowest BCUT2D eigenvalue weighted by molar-refractivity contribution is -0.154. The predicted molar refractivity (Wildman–Crippen MR) is 109 cm³/mol. The summed E-state index contributed by atoms with van der Waals surface area (Å²) < 4.78 is 44.2. The number of aromatic nitrogens is 2. The molecular weight excluding hydrogens is 395 g/mol. The van der Waals surface area contributed by atoms with Crippen molar-refractivity contribution in [2.45, 2.75) is 6.18 Å². The van der Waals surface area contributed by atoms with Gasteiger partial charge in [-0.05, 0) is 24.3 Å². The van der Waals surface area contributed by atoms with Gasteiger partial charge in [0, 0.05) is 29.7 Å². The highest BCUT2D eigenvalue weighted by Crippen LogP contribution is 2.27. The van der Waals surface area contributed by atoms with E-state index in [1.54, 1.807) is 4.57 Å². The molecule has 0 aliphatic rings. The zero-order valence-electron chi connectivity index (χ0n) is 15.6. The van der Waals surface area contributed by atoms with Gasteiger partial charge in [-0.3, -0.25) is 9.36 Å². The minimum Gasteiger partial charge on any atom is -0.468 e. The van der Waals surface area contributed by atoms with Crippen LogP contribution < -0.4 is 15.5 Å². The second-order valence-electron chi connectivity index (χ2n) is 6.50. The quantitative estimate of drug-likeness (QED) is 0.498. The molecular formula is C22H16F3N3O2. The molecule has 2 heterocycles. The Morgan fingerprint density at radius 3 is 2.30 bits per heavy atom. The molecule has 0 bridgehead atoms. The minimum atomic E-state index is -4.49. The van der Waals surface area contributed by atoms with Gasteiger partial charge in [0.1, 0.15) is 5.82 Å². The lowest BCUT2D eigenvalue weighted by Gasteiger charge is -2.19. The van der Waals surface area contributed by atoms with Crippen LogP contribution in [0.1, 0.15) is 0 Å². The number of para-hydroxylation sites is 2. The van der Waals surface area contributed by atoms with Crippen LogP contribution in [0.15, 0.2) is 83.8 Å². The Balaban J connectivity index is 1.90. The standard InChI is InChI=1S/C22H16F3N3O2/c23-22(24,25)14-30-21-11-18-17(13-26-21)19(29)12-20(27-15-7-3-1-4-8-15)28(18)16-9-5-2-6-10-16/h1-13,27H,14H2. The number of ether oxygens (including phenoxy) is 1. The average molecular weight is 411 g/mol. The van der Waals surface area contributed by atoms with Gasteiger partial charge in [-0.2, -0.15) is 13.2 Å². The maximum atomic E-state index is 12.7. The van der Waals surface area contributed by atoms with Gasteiger partial charge in [-0.25, -0.2) is 4.98 Å².